The lowest BCUT2D eigenvalue weighted by Crippen LogP contribution is -2.48. The van der Waals surface area contributed by atoms with E-state index < -0.39 is 0 Å². The molecule has 5 heteroatoms. The van der Waals surface area contributed by atoms with Gasteiger partial charge in [-0.2, -0.15) is 5.10 Å². The lowest BCUT2D eigenvalue weighted by Gasteiger charge is -2.29. The fourth-order valence-corrected chi connectivity index (χ4v) is 2.48. The van der Waals surface area contributed by atoms with Gasteiger partial charge in [-0.3, -0.25) is 4.68 Å². The van der Waals surface area contributed by atoms with Crippen LogP contribution in [0.3, 0.4) is 0 Å². The van der Waals surface area contributed by atoms with E-state index in [9.17, 15) is 0 Å². The zero-order chi connectivity index (χ0) is 13.6. The van der Waals surface area contributed by atoms with Gasteiger partial charge in [0.25, 0.3) is 0 Å². The maximum Gasteiger partial charge on any atom is 0.0762 e. The fraction of sp³-hybridized carbons (Fsp3) is 0.769. The van der Waals surface area contributed by atoms with E-state index in [-0.39, 0.29) is 5.54 Å². The monoisotopic (exact) mass is 291 g/mol. The van der Waals surface area contributed by atoms with Crippen LogP contribution in [0, 0.1) is 0 Å². The fourth-order valence-electron chi connectivity index (χ4n) is 1.63. The van der Waals surface area contributed by atoms with Crippen LogP contribution in [0.5, 0.6) is 0 Å². The van der Waals surface area contributed by atoms with E-state index in [4.69, 9.17) is 23.2 Å². The molecule has 1 aromatic heterocycles. The SMILES string of the molecule is CCC(C)n1ccc(CNC(CC)(CCl)CCl)n1. The van der Waals surface area contributed by atoms with Crippen molar-refractivity contribution in [1.29, 1.82) is 0 Å². The molecule has 1 heterocycles. The number of nitrogens with zero attached hydrogens (tertiary/aromatic N) is 2. The van der Waals surface area contributed by atoms with E-state index in [2.05, 4.69) is 31.2 Å². The predicted molar refractivity (Wildman–Crippen MR) is 78.5 cm³/mol. The van der Waals surface area contributed by atoms with Crippen LogP contribution in [0.15, 0.2) is 12.3 Å². The van der Waals surface area contributed by atoms with Gasteiger partial charge in [0.1, 0.15) is 0 Å². The van der Waals surface area contributed by atoms with Crippen molar-refractivity contribution in [1.82, 2.24) is 15.1 Å². The van der Waals surface area contributed by atoms with Gasteiger partial charge in [-0.25, -0.2) is 0 Å². The Balaban J connectivity index is 2.60. The second-order valence-corrected chi connectivity index (χ2v) is 5.33. The number of hydrogen-bond donors (Lipinski definition) is 1. The summed E-state index contributed by atoms with van der Waals surface area (Å²) in [6.07, 6.45) is 4.02. The number of alkyl halides is 2. The lowest BCUT2D eigenvalue weighted by atomic mass is 10.0. The van der Waals surface area contributed by atoms with E-state index in [0.29, 0.717) is 24.3 Å². The Kier molecular flexibility index (Phi) is 6.47. The van der Waals surface area contributed by atoms with Crippen molar-refractivity contribution in [2.24, 2.45) is 0 Å². The number of hydrogen-bond acceptors (Lipinski definition) is 2. The van der Waals surface area contributed by atoms with Crippen LogP contribution in [-0.2, 0) is 6.54 Å². The van der Waals surface area contributed by atoms with Crippen molar-refractivity contribution in [3.8, 4) is 0 Å². The molecule has 18 heavy (non-hydrogen) atoms. The summed E-state index contributed by atoms with van der Waals surface area (Å²) >= 11 is 12.0. The molecule has 104 valence electrons. The number of aromatic nitrogens is 2. The van der Waals surface area contributed by atoms with Gasteiger partial charge in [-0.05, 0) is 25.8 Å². The Morgan fingerprint density at radius 3 is 2.56 bits per heavy atom. The molecule has 0 fully saturated rings. The minimum absolute atomic E-state index is 0.191. The third kappa shape index (κ3) is 3.87. The van der Waals surface area contributed by atoms with Crippen LogP contribution in [0.25, 0.3) is 0 Å². The number of rotatable bonds is 8. The van der Waals surface area contributed by atoms with Gasteiger partial charge in [0.05, 0.1) is 5.69 Å². The van der Waals surface area contributed by atoms with Gasteiger partial charge in [0, 0.05) is 36.1 Å². The van der Waals surface area contributed by atoms with Crippen LogP contribution in [0.1, 0.15) is 45.3 Å². The molecule has 1 unspecified atom stereocenters. The summed E-state index contributed by atoms with van der Waals surface area (Å²) < 4.78 is 2.01. The van der Waals surface area contributed by atoms with Gasteiger partial charge in [0.15, 0.2) is 0 Å². The maximum atomic E-state index is 6.00. The molecule has 0 aliphatic heterocycles. The van der Waals surface area contributed by atoms with Crippen LogP contribution in [-0.4, -0.2) is 27.1 Å². The normalized spacial score (nSPS) is 13.8. The Morgan fingerprint density at radius 2 is 2.06 bits per heavy atom. The average Bonchev–Trinajstić information content (AvgIpc) is 2.89. The van der Waals surface area contributed by atoms with Gasteiger partial charge < -0.3 is 5.32 Å². The molecule has 0 saturated heterocycles. The second-order valence-electron chi connectivity index (χ2n) is 4.80. The Bertz CT molecular complexity index is 339. The summed E-state index contributed by atoms with van der Waals surface area (Å²) in [4.78, 5) is 0. The first-order valence-corrected chi connectivity index (χ1v) is 7.58. The number of halogens is 2. The zero-order valence-corrected chi connectivity index (χ0v) is 12.9. The molecular weight excluding hydrogens is 269 g/mol. The molecule has 0 aliphatic carbocycles. The predicted octanol–water partition coefficient (Wildman–Crippen LogP) is 3.57. The summed E-state index contributed by atoms with van der Waals surface area (Å²) in [7, 11) is 0. The molecule has 1 N–H and O–H groups in total. The summed E-state index contributed by atoms with van der Waals surface area (Å²) in [5, 5.41) is 7.98. The van der Waals surface area contributed by atoms with Gasteiger partial charge in [-0.1, -0.05) is 13.8 Å². The third-order valence-electron chi connectivity index (χ3n) is 3.54. The largest absolute Gasteiger partial charge is 0.303 e. The van der Waals surface area contributed by atoms with Gasteiger partial charge >= 0.3 is 0 Å². The van der Waals surface area contributed by atoms with Crippen LogP contribution in [0.2, 0.25) is 0 Å². The minimum Gasteiger partial charge on any atom is -0.303 e. The molecule has 0 aliphatic rings. The topological polar surface area (TPSA) is 29.9 Å². The molecule has 0 bridgehead atoms. The first kappa shape index (κ1) is 15.8. The summed E-state index contributed by atoms with van der Waals surface area (Å²) in [5.74, 6) is 1.03. The third-order valence-corrected chi connectivity index (χ3v) is 4.56. The molecule has 0 amide bonds. The van der Waals surface area contributed by atoms with Crippen LogP contribution in [0.4, 0.5) is 0 Å². The Morgan fingerprint density at radius 1 is 1.39 bits per heavy atom. The highest BCUT2D eigenvalue weighted by molar-refractivity contribution is 6.22. The molecular formula is C13H23Cl2N3. The lowest BCUT2D eigenvalue weighted by molar-refractivity contribution is 0.379. The van der Waals surface area contributed by atoms with E-state index >= 15 is 0 Å². The molecule has 3 nitrogen and oxygen atoms in total. The summed E-state index contributed by atoms with van der Waals surface area (Å²) in [6.45, 7) is 7.12. The van der Waals surface area contributed by atoms with Crippen molar-refractivity contribution >= 4 is 23.2 Å². The van der Waals surface area contributed by atoms with Gasteiger partial charge in [0.2, 0.25) is 0 Å². The van der Waals surface area contributed by atoms with Crippen molar-refractivity contribution in [3.05, 3.63) is 18.0 Å². The summed E-state index contributed by atoms with van der Waals surface area (Å²) in [5.41, 5.74) is 0.840. The summed E-state index contributed by atoms with van der Waals surface area (Å²) in [6, 6.07) is 2.48. The first-order valence-electron chi connectivity index (χ1n) is 6.51. The standard InChI is InChI=1S/C13H23Cl2N3/c1-4-11(3)18-7-6-12(17-18)8-16-13(5-2,9-14)10-15/h6-7,11,16H,4-5,8-10H2,1-3H3. The highest BCUT2D eigenvalue weighted by Crippen LogP contribution is 2.16. The second kappa shape index (κ2) is 7.37. The van der Waals surface area contributed by atoms with E-state index in [1.165, 1.54) is 0 Å². The Labute approximate surface area is 120 Å². The van der Waals surface area contributed by atoms with Gasteiger partial charge in [-0.15, -0.1) is 23.2 Å². The molecule has 1 rings (SSSR count). The quantitative estimate of drug-likeness (QED) is 0.742. The van der Waals surface area contributed by atoms with Crippen molar-refractivity contribution in [3.63, 3.8) is 0 Å². The smallest absolute Gasteiger partial charge is 0.0762 e. The van der Waals surface area contributed by atoms with Crippen molar-refractivity contribution < 1.29 is 0 Å². The number of nitrogens with one attached hydrogen (secondary N) is 1. The molecule has 0 aromatic carbocycles. The van der Waals surface area contributed by atoms with Crippen molar-refractivity contribution in [2.75, 3.05) is 11.8 Å². The molecule has 0 saturated carbocycles. The molecule has 0 radical (unpaired) electrons. The Hall–Kier alpha value is -0.250. The zero-order valence-electron chi connectivity index (χ0n) is 11.4. The minimum atomic E-state index is -0.191. The first-order chi connectivity index (χ1) is 8.60. The van der Waals surface area contributed by atoms with E-state index in [1.54, 1.807) is 0 Å². The maximum absolute atomic E-state index is 6.00. The molecule has 1 atom stereocenters. The van der Waals surface area contributed by atoms with E-state index in [0.717, 1.165) is 18.5 Å². The van der Waals surface area contributed by atoms with Crippen LogP contribution < -0.4 is 5.32 Å². The highest BCUT2D eigenvalue weighted by atomic mass is 35.5. The van der Waals surface area contributed by atoms with E-state index in [1.807, 2.05) is 16.9 Å². The average molecular weight is 292 g/mol. The highest BCUT2D eigenvalue weighted by Gasteiger charge is 2.25. The molecule has 1 aromatic rings. The molecule has 0 spiro atoms. The van der Waals surface area contributed by atoms with Crippen molar-refractivity contribution in [2.45, 2.75) is 51.7 Å². The van der Waals surface area contributed by atoms with Crippen LogP contribution >= 0.6 is 23.2 Å².